The summed E-state index contributed by atoms with van der Waals surface area (Å²) in [4.78, 5) is 3.63. The fourth-order valence-electron chi connectivity index (χ4n) is 0.182. The van der Waals surface area contributed by atoms with Crippen LogP contribution in [-0.2, 0) is 0 Å². The van der Waals surface area contributed by atoms with Crippen LogP contribution in [0.1, 0.15) is 0 Å². The van der Waals surface area contributed by atoms with Gasteiger partial charge in [-0.15, -0.1) is 0 Å². The number of nitrogens with two attached hydrogens (primary N) is 2. The molecule has 0 rings (SSSR count). The molecule has 0 fully saturated rings. The molecule has 0 unspecified atom stereocenters. The molecule has 0 amide bonds. The number of nitrogens with zero attached hydrogens (tertiary/aromatic N) is 1. The van der Waals surface area contributed by atoms with Crippen LogP contribution in [0.25, 0.3) is 0 Å². The van der Waals surface area contributed by atoms with Crippen LogP contribution in [0.4, 0.5) is 0 Å². The molecule has 4 N–H and O–H groups in total. The second-order valence-electron chi connectivity index (χ2n) is 1.11. The molecule has 3 nitrogen and oxygen atoms in total. The molecule has 0 aliphatic carbocycles. The number of allylic oxidation sites excluding steroid dienone is 1. The molecule has 0 saturated carbocycles. The summed E-state index contributed by atoms with van der Waals surface area (Å²) in [7, 11) is 0. The van der Waals surface area contributed by atoms with E-state index in [4.69, 9.17) is 11.5 Å². The minimum absolute atomic E-state index is 0.296. The normalized spacial score (nSPS) is 12.2. The molecule has 0 radical (unpaired) electrons. The van der Waals surface area contributed by atoms with Crippen LogP contribution in [0.15, 0.2) is 29.7 Å². The maximum absolute atomic E-state index is 5.15. The molecule has 3 heteroatoms. The quantitative estimate of drug-likeness (QED) is 0.491. The van der Waals surface area contributed by atoms with Gasteiger partial charge in [-0.3, -0.25) is 0 Å². The fourth-order valence-corrected chi connectivity index (χ4v) is 0.182. The zero-order valence-corrected chi connectivity index (χ0v) is 4.54. The van der Waals surface area contributed by atoms with E-state index in [1.165, 1.54) is 18.5 Å². The molecule has 44 valence electrons. The Kier molecular flexibility index (Phi) is 3.31. The van der Waals surface area contributed by atoms with Gasteiger partial charge in [0.1, 0.15) is 5.82 Å². The second-order valence-corrected chi connectivity index (χ2v) is 1.11. The van der Waals surface area contributed by atoms with Gasteiger partial charge in [-0.05, 0) is 0 Å². The summed E-state index contributed by atoms with van der Waals surface area (Å²) in [5, 5.41) is 0. The van der Waals surface area contributed by atoms with E-state index in [2.05, 4.69) is 11.6 Å². The van der Waals surface area contributed by atoms with Gasteiger partial charge in [0.2, 0.25) is 0 Å². The smallest absolute Gasteiger partial charge is 0.138 e. The van der Waals surface area contributed by atoms with Crippen molar-refractivity contribution in [3.63, 3.8) is 0 Å². The van der Waals surface area contributed by atoms with Gasteiger partial charge in [-0.25, -0.2) is 4.99 Å². The van der Waals surface area contributed by atoms with E-state index in [0.29, 0.717) is 5.82 Å². The highest BCUT2D eigenvalue weighted by Crippen LogP contribution is 1.76. The van der Waals surface area contributed by atoms with Gasteiger partial charge in [0.15, 0.2) is 0 Å². The van der Waals surface area contributed by atoms with Crippen molar-refractivity contribution in [2.45, 2.75) is 0 Å². The topological polar surface area (TPSA) is 64.4 Å². The first kappa shape index (κ1) is 6.75. The maximum Gasteiger partial charge on any atom is 0.138 e. The average molecular weight is 111 g/mol. The molecule has 0 aromatic rings. The first-order valence-corrected chi connectivity index (χ1v) is 2.13. The first-order valence-electron chi connectivity index (χ1n) is 2.13. The number of hydrogen-bond acceptors (Lipinski definition) is 3. The Morgan fingerprint density at radius 1 is 1.62 bits per heavy atom. The SMILES string of the molecule is C=CC=N/C(N)=C\N. The van der Waals surface area contributed by atoms with E-state index < -0.39 is 0 Å². The lowest BCUT2D eigenvalue weighted by atomic mass is 10.7. The molecule has 0 aliphatic rings. The van der Waals surface area contributed by atoms with Crippen LogP contribution in [0, 0.1) is 0 Å². The summed E-state index contributed by atoms with van der Waals surface area (Å²) in [6, 6.07) is 0. The third-order valence-electron chi connectivity index (χ3n) is 0.500. The highest BCUT2D eigenvalue weighted by molar-refractivity contribution is 5.71. The van der Waals surface area contributed by atoms with Crippen molar-refractivity contribution in [3.8, 4) is 0 Å². The van der Waals surface area contributed by atoms with E-state index in [0.717, 1.165) is 0 Å². The van der Waals surface area contributed by atoms with E-state index in [9.17, 15) is 0 Å². The minimum Gasteiger partial charge on any atom is -0.402 e. The molecular weight excluding hydrogens is 102 g/mol. The van der Waals surface area contributed by atoms with Crippen molar-refractivity contribution in [2.75, 3.05) is 0 Å². The predicted molar refractivity (Wildman–Crippen MR) is 35.1 cm³/mol. The van der Waals surface area contributed by atoms with E-state index in [-0.39, 0.29) is 0 Å². The van der Waals surface area contributed by atoms with Gasteiger partial charge in [0, 0.05) is 12.4 Å². The Morgan fingerprint density at radius 2 is 2.25 bits per heavy atom. The van der Waals surface area contributed by atoms with Crippen LogP contribution in [-0.4, -0.2) is 6.21 Å². The molecule has 0 aliphatic heterocycles. The Bertz CT molecular complexity index is 124. The van der Waals surface area contributed by atoms with Gasteiger partial charge in [0.25, 0.3) is 0 Å². The predicted octanol–water partition coefficient (Wildman–Crippen LogP) is -0.0405. The van der Waals surface area contributed by atoms with Crippen molar-refractivity contribution < 1.29 is 0 Å². The summed E-state index contributed by atoms with van der Waals surface area (Å²) in [6.45, 7) is 3.39. The molecule has 0 aromatic heterocycles. The van der Waals surface area contributed by atoms with Crippen LogP contribution < -0.4 is 11.5 Å². The van der Waals surface area contributed by atoms with Crippen molar-refractivity contribution in [1.82, 2.24) is 0 Å². The zero-order chi connectivity index (χ0) is 6.41. The third-order valence-corrected chi connectivity index (χ3v) is 0.500. The average Bonchev–Trinajstić information content (AvgIpc) is 1.83. The van der Waals surface area contributed by atoms with Crippen LogP contribution >= 0.6 is 0 Å². The molecule has 0 heterocycles. The summed E-state index contributed by atoms with van der Waals surface area (Å²) in [5.74, 6) is 0.296. The van der Waals surface area contributed by atoms with Crippen LogP contribution in [0.2, 0.25) is 0 Å². The molecule has 0 saturated heterocycles. The summed E-state index contributed by atoms with van der Waals surface area (Å²) < 4.78 is 0. The zero-order valence-electron chi connectivity index (χ0n) is 4.54. The second kappa shape index (κ2) is 3.92. The van der Waals surface area contributed by atoms with Crippen molar-refractivity contribution in [1.29, 1.82) is 0 Å². The third kappa shape index (κ3) is 2.96. The molecule has 0 atom stereocenters. The molecular formula is C5H9N3. The molecule has 0 bridgehead atoms. The lowest BCUT2D eigenvalue weighted by Gasteiger charge is -1.83. The van der Waals surface area contributed by atoms with E-state index >= 15 is 0 Å². The summed E-state index contributed by atoms with van der Waals surface area (Å²) in [6.07, 6.45) is 4.22. The van der Waals surface area contributed by atoms with Crippen molar-refractivity contribution >= 4 is 6.21 Å². The minimum atomic E-state index is 0.296. The molecule has 0 aromatic carbocycles. The lowest BCUT2D eigenvalue weighted by Crippen LogP contribution is -1.96. The van der Waals surface area contributed by atoms with E-state index in [1.54, 1.807) is 0 Å². The number of rotatable bonds is 2. The Labute approximate surface area is 48.4 Å². The molecule has 8 heavy (non-hydrogen) atoms. The summed E-state index contributed by atoms with van der Waals surface area (Å²) >= 11 is 0. The van der Waals surface area contributed by atoms with Crippen molar-refractivity contribution in [2.24, 2.45) is 16.5 Å². The standard InChI is InChI=1S/C5H9N3/c1-2-3-8-5(7)4-6/h2-4H,1,6-7H2/b5-4-,8-3?. The Hall–Kier alpha value is -1.25. The lowest BCUT2D eigenvalue weighted by molar-refractivity contribution is 1.22. The largest absolute Gasteiger partial charge is 0.402 e. The molecule has 0 spiro atoms. The Balaban J connectivity index is 3.69. The van der Waals surface area contributed by atoms with Crippen LogP contribution in [0.3, 0.4) is 0 Å². The summed E-state index contributed by atoms with van der Waals surface area (Å²) in [5.41, 5.74) is 10.1. The highest BCUT2D eigenvalue weighted by Gasteiger charge is 1.72. The van der Waals surface area contributed by atoms with Gasteiger partial charge in [-0.1, -0.05) is 12.7 Å². The van der Waals surface area contributed by atoms with Gasteiger partial charge in [-0.2, -0.15) is 0 Å². The van der Waals surface area contributed by atoms with Crippen LogP contribution in [0.5, 0.6) is 0 Å². The van der Waals surface area contributed by atoms with Gasteiger partial charge < -0.3 is 11.5 Å². The highest BCUT2D eigenvalue weighted by atomic mass is 14.9. The number of aliphatic imine (C=N–C) groups is 1. The maximum atomic E-state index is 5.15. The Morgan fingerprint density at radius 3 is 2.62 bits per heavy atom. The van der Waals surface area contributed by atoms with Gasteiger partial charge in [0.05, 0.1) is 0 Å². The van der Waals surface area contributed by atoms with E-state index in [1.807, 2.05) is 0 Å². The first-order chi connectivity index (χ1) is 3.81. The van der Waals surface area contributed by atoms with Gasteiger partial charge >= 0.3 is 0 Å². The number of hydrogen-bond donors (Lipinski definition) is 2. The van der Waals surface area contributed by atoms with Crippen molar-refractivity contribution in [3.05, 3.63) is 24.7 Å². The fraction of sp³-hybridized carbons (Fsp3) is 0. The monoisotopic (exact) mass is 111 g/mol.